The standard InChI is InChI=1S/C19H19N2O.ClH/c1-15-3-5-17(6-4-15)13-20-11-12-21(14-20)19-9-7-18(8-10-19)16(2)22;/h3-12,14H,13H2,1-2H3;1H/q+1;/p-1. The molecule has 0 amide bonds. The highest BCUT2D eigenvalue weighted by molar-refractivity contribution is 5.94. The molecular weight excluding hydrogens is 308 g/mol. The van der Waals surface area contributed by atoms with E-state index in [0.717, 1.165) is 17.8 Å². The van der Waals surface area contributed by atoms with Gasteiger partial charge in [0.15, 0.2) is 5.78 Å². The smallest absolute Gasteiger partial charge is 0.249 e. The van der Waals surface area contributed by atoms with Gasteiger partial charge in [-0.15, -0.1) is 0 Å². The van der Waals surface area contributed by atoms with Crippen molar-refractivity contribution in [1.29, 1.82) is 0 Å². The number of ketones is 1. The monoisotopic (exact) mass is 326 g/mol. The molecule has 0 unspecified atom stereocenters. The van der Waals surface area contributed by atoms with Crippen LogP contribution in [-0.2, 0) is 6.54 Å². The van der Waals surface area contributed by atoms with Crippen molar-refractivity contribution in [2.24, 2.45) is 0 Å². The first-order valence-electron chi connectivity index (χ1n) is 7.36. The van der Waals surface area contributed by atoms with Crippen molar-refractivity contribution in [3.05, 3.63) is 83.9 Å². The molecule has 118 valence electrons. The number of aromatic nitrogens is 2. The second kappa shape index (κ2) is 7.25. The average Bonchev–Trinajstić information content (AvgIpc) is 2.98. The van der Waals surface area contributed by atoms with Gasteiger partial charge in [-0.25, -0.2) is 9.13 Å². The van der Waals surface area contributed by atoms with Gasteiger partial charge in [-0.05, 0) is 43.7 Å². The van der Waals surface area contributed by atoms with Crippen molar-refractivity contribution in [2.45, 2.75) is 20.4 Å². The van der Waals surface area contributed by atoms with Crippen LogP contribution in [0.4, 0.5) is 0 Å². The molecule has 0 atom stereocenters. The molecule has 1 aromatic heterocycles. The number of benzene rings is 2. The lowest BCUT2D eigenvalue weighted by Crippen LogP contribution is -3.00. The van der Waals surface area contributed by atoms with Crippen LogP contribution in [-0.4, -0.2) is 10.4 Å². The average molecular weight is 327 g/mol. The third-order valence-electron chi connectivity index (χ3n) is 3.75. The van der Waals surface area contributed by atoms with Crippen LogP contribution in [0, 0.1) is 6.92 Å². The predicted octanol–water partition coefficient (Wildman–Crippen LogP) is 0.328. The van der Waals surface area contributed by atoms with Crippen molar-refractivity contribution >= 4 is 5.78 Å². The summed E-state index contributed by atoms with van der Waals surface area (Å²) in [7, 11) is 0. The van der Waals surface area contributed by atoms with Crippen LogP contribution < -0.4 is 17.0 Å². The van der Waals surface area contributed by atoms with E-state index in [2.05, 4.69) is 52.8 Å². The van der Waals surface area contributed by atoms with Crippen molar-refractivity contribution in [1.82, 2.24) is 4.57 Å². The van der Waals surface area contributed by atoms with E-state index < -0.39 is 0 Å². The maximum atomic E-state index is 11.3. The molecule has 4 heteroatoms. The summed E-state index contributed by atoms with van der Waals surface area (Å²) in [4.78, 5) is 11.3. The summed E-state index contributed by atoms with van der Waals surface area (Å²) in [5, 5.41) is 0. The first-order valence-corrected chi connectivity index (χ1v) is 7.36. The molecule has 0 aliphatic heterocycles. The molecule has 3 rings (SSSR count). The molecule has 3 aromatic rings. The second-order valence-electron chi connectivity index (χ2n) is 5.58. The molecule has 3 nitrogen and oxygen atoms in total. The van der Waals surface area contributed by atoms with E-state index in [0.29, 0.717) is 0 Å². The van der Waals surface area contributed by atoms with E-state index in [1.165, 1.54) is 11.1 Å². The number of Topliss-reactive ketones (excluding diaryl/α,β-unsaturated/α-hetero) is 1. The van der Waals surface area contributed by atoms with Crippen LogP contribution in [0.1, 0.15) is 28.4 Å². The lowest BCUT2D eigenvalue weighted by Gasteiger charge is -1.99. The summed E-state index contributed by atoms with van der Waals surface area (Å²) in [5.74, 6) is 0.0912. The van der Waals surface area contributed by atoms with Gasteiger partial charge in [0, 0.05) is 5.56 Å². The predicted molar refractivity (Wildman–Crippen MR) is 86.2 cm³/mol. The highest BCUT2D eigenvalue weighted by atomic mass is 35.5. The van der Waals surface area contributed by atoms with Crippen molar-refractivity contribution in [3.63, 3.8) is 0 Å². The quantitative estimate of drug-likeness (QED) is 0.501. The molecule has 0 saturated heterocycles. The zero-order valence-electron chi connectivity index (χ0n) is 13.2. The normalized spacial score (nSPS) is 10.2. The van der Waals surface area contributed by atoms with Gasteiger partial charge in [0.2, 0.25) is 6.33 Å². The Morgan fingerprint density at radius 2 is 1.70 bits per heavy atom. The summed E-state index contributed by atoms with van der Waals surface area (Å²) < 4.78 is 4.20. The number of aryl methyl sites for hydroxylation is 1. The molecule has 1 heterocycles. The van der Waals surface area contributed by atoms with Crippen LogP contribution >= 0.6 is 0 Å². The Labute approximate surface area is 142 Å². The summed E-state index contributed by atoms with van der Waals surface area (Å²) >= 11 is 0. The van der Waals surface area contributed by atoms with Crippen LogP contribution in [0.2, 0.25) is 0 Å². The number of imidazole rings is 1. The molecule has 0 saturated carbocycles. The molecule has 23 heavy (non-hydrogen) atoms. The Hall–Kier alpha value is -2.39. The van der Waals surface area contributed by atoms with E-state index in [1.807, 2.05) is 30.5 Å². The molecule has 0 radical (unpaired) electrons. The van der Waals surface area contributed by atoms with Gasteiger partial charge in [-0.2, -0.15) is 0 Å². The van der Waals surface area contributed by atoms with Gasteiger partial charge in [0.25, 0.3) is 0 Å². The molecule has 0 bridgehead atoms. The zero-order valence-corrected chi connectivity index (χ0v) is 14.0. The Kier molecular flexibility index (Phi) is 5.35. The molecule has 0 aliphatic carbocycles. The first-order chi connectivity index (χ1) is 10.6. The minimum Gasteiger partial charge on any atom is -1.00 e. The van der Waals surface area contributed by atoms with Crippen molar-refractivity contribution < 1.29 is 21.8 Å². The zero-order chi connectivity index (χ0) is 15.5. The van der Waals surface area contributed by atoms with Gasteiger partial charge in [0.05, 0.1) is 0 Å². The minimum atomic E-state index is 0. The third-order valence-corrected chi connectivity index (χ3v) is 3.75. The number of rotatable bonds is 4. The molecular formula is C19H19ClN2O. The van der Waals surface area contributed by atoms with E-state index in [-0.39, 0.29) is 18.2 Å². The SMILES string of the molecule is CC(=O)c1ccc(-n2cc[n+](Cc3ccc(C)cc3)c2)cc1.[Cl-]. The summed E-state index contributed by atoms with van der Waals surface area (Å²) in [6.45, 7) is 4.52. The number of nitrogens with zero attached hydrogens (tertiary/aromatic N) is 2. The molecule has 0 spiro atoms. The van der Waals surface area contributed by atoms with Crippen LogP contribution in [0.3, 0.4) is 0 Å². The fourth-order valence-electron chi connectivity index (χ4n) is 2.41. The Balaban J connectivity index is 0.00000192. The van der Waals surface area contributed by atoms with E-state index in [1.54, 1.807) is 6.92 Å². The maximum absolute atomic E-state index is 11.3. The van der Waals surface area contributed by atoms with E-state index >= 15 is 0 Å². The fraction of sp³-hybridized carbons (Fsp3) is 0.158. The van der Waals surface area contributed by atoms with E-state index in [9.17, 15) is 4.79 Å². The lowest BCUT2D eigenvalue weighted by atomic mass is 10.1. The maximum Gasteiger partial charge on any atom is 0.249 e. The molecule has 0 aliphatic rings. The number of carbonyl (C=O) groups is 1. The molecule has 2 aromatic carbocycles. The Morgan fingerprint density at radius 1 is 1.04 bits per heavy atom. The Bertz CT molecular complexity index is 789. The second-order valence-corrected chi connectivity index (χ2v) is 5.58. The highest BCUT2D eigenvalue weighted by Crippen LogP contribution is 2.10. The lowest BCUT2D eigenvalue weighted by molar-refractivity contribution is -0.687. The van der Waals surface area contributed by atoms with Gasteiger partial charge in [-0.3, -0.25) is 4.79 Å². The van der Waals surface area contributed by atoms with Crippen LogP contribution in [0.25, 0.3) is 5.69 Å². The summed E-state index contributed by atoms with van der Waals surface area (Å²) in [6.07, 6.45) is 6.14. The van der Waals surface area contributed by atoms with Crippen LogP contribution in [0.5, 0.6) is 0 Å². The largest absolute Gasteiger partial charge is 1.00 e. The van der Waals surface area contributed by atoms with E-state index in [4.69, 9.17) is 0 Å². The number of hydrogen-bond donors (Lipinski definition) is 0. The third kappa shape index (κ3) is 4.08. The minimum absolute atomic E-state index is 0. The summed E-state index contributed by atoms with van der Waals surface area (Å²) in [6, 6.07) is 16.2. The number of halogens is 1. The first kappa shape index (κ1) is 17.0. The van der Waals surface area contributed by atoms with Gasteiger partial charge >= 0.3 is 0 Å². The molecule has 0 N–H and O–H groups in total. The van der Waals surface area contributed by atoms with Gasteiger partial charge in [-0.1, -0.05) is 29.8 Å². The summed E-state index contributed by atoms with van der Waals surface area (Å²) in [5.41, 5.74) is 4.34. The number of hydrogen-bond acceptors (Lipinski definition) is 1. The Morgan fingerprint density at radius 3 is 2.30 bits per heavy atom. The van der Waals surface area contributed by atoms with Crippen molar-refractivity contribution in [2.75, 3.05) is 0 Å². The highest BCUT2D eigenvalue weighted by Gasteiger charge is 2.08. The van der Waals surface area contributed by atoms with Crippen molar-refractivity contribution in [3.8, 4) is 5.69 Å². The van der Waals surface area contributed by atoms with Gasteiger partial charge in [0.1, 0.15) is 24.6 Å². The topological polar surface area (TPSA) is 25.9 Å². The number of carbonyl (C=O) groups excluding carboxylic acids is 1. The fourth-order valence-corrected chi connectivity index (χ4v) is 2.41. The van der Waals surface area contributed by atoms with Gasteiger partial charge < -0.3 is 12.4 Å². The molecule has 0 fully saturated rings. The van der Waals surface area contributed by atoms with Crippen LogP contribution in [0.15, 0.2) is 67.3 Å².